The normalized spacial score (nSPS) is 11.1. The third-order valence-corrected chi connectivity index (χ3v) is 3.62. The van der Waals surface area contributed by atoms with Gasteiger partial charge in [0.05, 0.1) is 0 Å². The zero-order valence-corrected chi connectivity index (χ0v) is 12.0. The van der Waals surface area contributed by atoms with Crippen molar-refractivity contribution in [2.75, 3.05) is 0 Å². The molecule has 1 N–H and O–H groups in total. The van der Waals surface area contributed by atoms with E-state index in [1.54, 1.807) is 12.1 Å². The van der Waals surface area contributed by atoms with Gasteiger partial charge < -0.3 is 9.73 Å². The Labute approximate surface area is 123 Å². The van der Waals surface area contributed by atoms with E-state index in [9.17, 15) is 4.39 Å². The van der Waals surface area contributed by atoms with Gasteiger partial charge in [-0.25, -0.2) is 4.39 Å². The number of rotatable bonds is 5. The molecule has 0 amide bonds. The van der Waals surface area contributed by atoms with Crippen LogP contribution >= 0.6 is 0 Å². The van der Waals surface area contributed by atoms with Crippen molar-refractivity contribution in [1.82, 2.24) is 5.32 Å². The molecule has 3 rings (SSSR count). The number of benzene rings is 2. The Morgan fingerprint density at radius 3 is 2.71 bits per heavy atom. The van der Waals surface area contributed by atoms with Crippen molar-refractivity contribution < 1.29 is 8.81 Å². The van der Waals surface area contributed by atoms with E-state index >= 15 is 0 Å². The average molecular weight is 283 g/mol. The molecule has 0 saturated heterocycles. The minimum absolute atomic E-state index is 0.197. The summed E-state index contributed by atoms with van der Waals surface area (Å²) in [5, 5.41) is 4.53. The molecule has 0 atom stereocenters. The van der Waals surface area contributed by atoms with E-state index in [0.717, 1.165) is 35.3 Å². The van der Waals surface area contributed by atoms with Crippen LogP contribution in [0.2, 0.25) is 0 Å². The maximum Gasteiger partial charge on any atom is 0.134 e. The lowest BCUT2D eigenvalue weighted by atomic mass is 10.1. The Morgan fingerprint density at radius 1 is 1.05 bits per heavy atom. The van der Waals surface area contributed by atoms with Crippen molar-refractivity contribution in [2.24, 2.45) is 0 Å². The number of hydrogen-bond donors (Lipinski definition) is 1. The van der Waals surface area contributed by atoms with Crippen molar-refractivity contribution in [1.29, 1.82) is 0 Å². The Morgan fingerprint density at radius 2 is 1.90 bits per heavy atom. The minimum atomic E-state index is -0.197. The van der Waals surface area contributed by atoms with Crippen LogP contribution in [0.5, 0.6) is 0 Å². The van der Waals surface area contributed by atoms with Gasteiger partial charge in [-0.1, -0.05) is 37.3 Å². The van der Waals surface area contributed by atoms with Gasteiger partial charge in [0.25, 0.3) is 0 Å². The maximum absolute atomic E-state index is 13.2. The number of aryl methyl sites for hydroxylation is 1. The van der Waals surface area contributed by atoms with Crippen LogP contribution in [0, 0.1) is 5.82 Å². The number of fused-ring (bicyclic) bond motifs is 1. The molecule has 0 aliphatic rings. The number of nitrogens with one attached hydrogen (secondary N) is 1. The molecule has 0 saturated carbocycles. The third-order valence-electron chi connectivity index (χ3n) is 3.62. The summed E-state index contributed by atoms with van der Waals surface area (Å²) in [7, 11) is 0. The number of hydrogen-bond acceptors (Lipinski definition) is 2. The summed E-state index contributed by atoms with van der Waals surface area (Å²) in [6.45, 7) is 3.45. The van der Waals surface area contributed by atoms with Crippen LogP contribution in [0.4, 0.5) is 4.39 Å². The summed E-state index contributed by atoms with van der Waals surface area (Å²) in [5.74, 6) is 0.820. The number of halogens is 1. The second kappa shape index (κ2) is 6.10. The quantitative estimate of drug-likeness (QED) is 0.749. The predicted molar refractivity (Wildman–Crippen MR) is 82.5 cm³/mol. The van der Waals surface area contributed by atoms with E-state index in [0.29, 0.717) is 6.54 Å². The van der Waals surface area contributed by atoms with E-state index in [-0.39, 0.29) is 5.82 Å². The molecule has 108 valence electrons. The Kier molecular flexibility index (Phi) is 4.02. The van der Waals surface area contributed by atoms with Gasteiger partial charge in [-0.05, 0) is 23.8 Å². The second-order valence-corrected chi connectivity index (χ2v) is 5.09. The SMILES string of the molecule is CCc1oc2ccccc2c1CNCc1cccc(F)c1. The topological polar surface area (TPSA) is 25.2 Å². The van der Waals surface area contributed by atoms with Gasteiger partial charge in [-0.15, -0.1) is 0 Å². The number of para-hydroxylation sites is 1. The van der Waals surface area contributed by atoms with E-state index < -0.39 is 0 Å². The molecule has 21 heavy (non-hydrogen) atoms. The molecule has 0 bridgehead atoms. The second-order valence-electron chi connectivity index (χ2n) is 5.09. The first-order valence-corrected chi connectivity index (χ1v) is 7.22. The van der Waals surface area contributed by atoms with E-state index in [1.807, 2.05) is 24.3 Å². The van der Waals surface area contributed by atoms with Crippen molar-refractivity contribution in [2.45, 2.75) is 26.4 Å². The van der Waals surface area contributed by atoms with Crippen molar-refractivity contribution in [3.8, 4) is 0 Å². The molecule has 3 aromatic rings. The first-order valence-electron chi connectivity index (χ1n) is 7.22. The van der Waals surface area contributed by atoms with Gasteiger partial charge >= 0.3 is 0 Å². The molecule has 0 spiro atoms. The van der Waals surface area contributed by atoms with Gasteiger partial charge in [-0.2, -0.15) is 0 Å². The summed E-state index contributed by atoms with van der Waals surface area (Å²) in [4.78, 5) is 0. The molecule has 3 heteroatoms. The molecule has 0 unspecified atom stereocenters. The minimum Gasteiger partial charge on any atom is -0.461 e. The van der Waals surface area contributed by atoms with Crippen LogP contribution in [0.3, 0.4) is 0 Å². The zero-order chi connectivity index (χ0) is 14.7. The largest absolute Gasteiger partial charge is 0.461 e. The van der Waals surface area contributed by atoms with Crippen molar-refractivity contribution >= 4 is 11.0 Å². The van der Waals surface area contributed by atoms with Gasteiger partial charge in [0.1, 0.15) is 17.2 Å². The maximum atomic E-state index is 13.2. The number of furan rings is 1. The van der Waals surface area contributed by atoms with Crippen LogP contribution in [0.1, 0.15) is 23.8 Å². The monoisotopic (exact) mass is 283 g/mol. The highest BCUT2D eigenvalue weighted by Gasteiger charge is 2.11. The van der Waals surface area contributed by atoms with Crippen molar-refractivity contribution in [3.63, 3.8) is 0 Å². The van der Waals surface area contributed by atoms with Gasteiger partial charge in [0, 0.05) is 30.5 Å². The molecule has 0 aliphatic carbocycles. The highest BCUT2D eigenvalue weighted by molar-refractivity contribution is 5.82. The van der Waals surface area contributed by atoms with Crippen molar-refractivity contribution in [3.05, 3.63) is 71.2 Å². The van der Waals surface area contributed by atoms with Gasteiger partial charge in [-0.3, -0.25) is 0 Å². The lowest BCUT2D eigenvalue weighted by Crippen LogP contribution is -2.13. The van der Waals surface area contributed by atoms with Crippen LogP contribution in [0.25, 0.3) is 11.0 Å². The fourth-order valence-electron chi connectivity index (χ4n) is 2.61. The molecular weight excluding hydrogens is 265 g/mol. The lowest BCUT2D eigenvalue weighted by molar-refractivity contribution is 0.543. The van der Waals surface area contributed by atoms with E-state index in [2.05, 4.69) is 18.3 Å². The van der Waals surface area contributed by atoms with Crippen LogP contribution in [-0.4, -0.2) is 0 Å². The molecule has 2 nitrogen and oxygen atoms in total. The summed E-state index contributed by atoms with van der Waals surface area (Å²) < 4.78 is 19.0. The summed E-state index contributed by atoms with van der Waals surface area (Å²) in [6, 6.07) is 14.7. The summed E-state index contributed by atoms with van der Waals surface area (Å²) in [6.07, 6.45) is 0.867. The summed E-state index contributed by atoms with van der Waals surface area (Å²) >= 11 is 0. The third kappa shape index (κ3) is 2.98. The van der Waals surface area contributed by atoms with Gasteiger partial charge in [0.15, 0.2) is 0 Å². The fourth-order valence-corrected chi connectivity index (χ4v) is 2.61. The van der Waals surface area contributed by atoms with E-state index in [1.165, 1.54) is 11.6 Å². The van der Waals surface area contributed by atoms with Crippen LogP contribution < -0.4 is 5.32 Å². The fraction of sp³-hybridized carbons (Fsp3) is 0.222. The van der Waals surface area contributed by atoms with Gasteiger partial charge in [0.2, 0.25) is 0 Å². The predicted octanol–water partition coefficient (Wildman–Crippen LogP) is 4.42. The van der Waals surface area contributed by atoms with E-state index in [4.69, 9.17) is 4.42 Å². The Balaban J connectivity index is 1.75. The highest BCUT2D eigenvalue weighted by atomic mass is 19.1. The molecule has 1 heterocycles. The highest BCUT2D eigenvalue weighted by Crippen LogP contribution is 2.26. The first kappa shape index (κ1) is 13.8. The summed E-state index contributed by atoms with van der Waals surface area (Å²) in [5.41, 5.74) is 3.07. The Bertz CT molecular complexity index is 748. The molecule has 0 fully saturated rings. The molecule has 1 aromatic heterocycles. The van der Waals surface area contributed by atoms with Crippen LogP contribution in [-0.2, 0) is 19.5 Å². The standard InChI is InChI=1S/C18H18FNO/c1-2-17-16(15-8-3-4-9-18(15)21-17)12-20-11-13-6-5-7-14(19)10-13/h3-10,20H,2,11-12H2,1H3. The molecule has 0 radical (unpaired) electrons. The Hall–Kier alpha value is -2.13. The zero-order valence-electron chi connectivity index (χ0n) is 12.0. The lowest BCUT2D eigenvalue weighted by Gasteiger charge is -2.05. The molecular formula is C18H18FNO. The average Bonchev–Trinajstić information content (AvgIpc) is 2.86. The van der Waals surface area contributed by atoms with Crippen LogP contribution in [0.15, 0.2) is 52.9 Å². The molecule has 2 aromatic carbocycles. The first-order chi connectivity index (χ1) is 10.3. The molecule has 0 aliphatic heterocycles. The smallest absolute Gasteiger partial charge is 0.134 e.